The Balaban J connectivity index is 2.36. The highest BCUT2D eigenvalue weighted by molar-refractivity contribution is 6.31. The highest BCUT2D eigenvalue weighted by atomic mass is 35.5. The van der Waals surface area contributed by atoms with Crippen molar-refractivity contribution in [3.8, 4) is 11.6 Å². The lowest BCUT2D eigenvalue weighted by Gasteiger charge is -2.10. The lowest BCUT2D eigenvalue weighted by molar-refractivity contribution is 0.456. The zero-order valence-corrected chi connectivity index (χ0v) is 11.6. The molecule has 1 heterocycles. The molecule has 2 aromatic rings. The monoisotopic (exact) mass is 282 g/mol. The van der Waals surface area contributed by atoms with Crippen LogP contribution in [0, 0.1) is 13.8 Å². The van der Waals surface area contributed by atoms with Gasteiger partial charge in [0.05, 0.1) is 11.4 Å². The zero-order chi connectivity index (χ0) is 13.1. The van der Waals surface area contributed by atoms with Crippen LogP contribution in [-0.4, -0.2) is 9.97 Å². The van der Waals surface area contributed by atoms with Gasteiger partial charge in [0.1, 0.15) is 17.2 Å². The highest BCUT2D eigenvalue weighted by Crippen LogP contribution is 2.29. The molecule has 0 fully saturated rings. The summed E-state index contributed by atoms with van der Waals surface area (Å²) in [6, 6.07) is 5.93. The quantitative estimate of drug-likeness (QED) is 0.623. The zero-order valence-electron chi connectivity index (χ0n) is 10.1. The average Bonchev–Trinajstić information content (AvgIpc) is 2.27. The van der Waals surface area contributed by atoms with Gasteiger partial charge in [0.25, 0.3) is 0 Å². The van der Waals surface area contributed by atoms with Crippen molar-refractivity contribution in [3.63, 3.8) is 0 Å². The molecule has 0 bridgehead atoms. The topological polar surface area (TPSA) is 35.0 Å². The van der Waals surface area contributed by atoms with E-state index in [4.69, 9.17) is 27.9 Å². The Morgan fingerprint density at radius 2 is 1.78 bits per heavy atom. The summed E-state index contributed by atoms with van der Waals surface area (Å²) in [5, 5.41) is 0.319. The first-order chi connectivity index (χ1) is 8.60. The molecule has 2 rings (SSSR count). The van der Waals surface area contributed by atoms with Crippen molar-refractivity contribution >= 4 is 23.2 Å². The van der Waals surface area contributed by atoms with Gasteiger partial charge in [-0.3, -0.25) is 0 Å². The van der Waals surface area contributed by atoms with Crippen LogP contribution in [0.15, 0.2) is 24.5 Å². The molecule has 0 amide bonds. The Kier molecular flexibility index (Phi) is 4.04. The third kappa shape index (κ3) is 2.92. The van der Waals surface area contributed by atoms with Crippen LogP contribution in [0.1, 0.15) is 16.7 Å². The minimum atomic E-state index is 0.208. The van der Waals surface area contributed by atoms with Crippen molar-refractivity contribution < 1.29 is 4.74 Å². The predicted molar refractivity (Wildman–Crippen MR) is 72.6 cm³/mol. The number of benzene rings is 1. The van der Waals surface area contributed by atoms with Gasteiger partial charge in [0.2, 0.25) is 5.88 Å². The molecule has 94 valence electrons. The van der Waals surface area contributed by atoms with E-state index < -0.39 is 0 Å². The van der Waals surface area contributed by atoms with Gasteiger partial charge in [0.15, 0.2) is 0 Å². The minimum Gasteiger partial charge on any atom is -0.439 e. The van der Waals surface area contributed by atoms with Gasteiger partial charge in [-0.2, -0.15) is 0 Å². The van der Waals surface area contributed by atoms with Crippen LogP contribution in [0.3, 0.4) is 0 Å². The molecule has 0 saturated carbocycles. The normalized spacial score (nSPS) is 10.4. The van der Waals surface area contributed by atoms with Crippen LogP contribution in [0.25, 0.3) is 0 Å². The third-order valence-electron chi connectivity index (χ3n) is 2.40. The van der Waals surface area contributed by atoms with Gasteiger partial charge in [-0.15, -0.1) is 11.6 Å². The summed E-state index contributed by atoms with van der Waals surface area (Å²) in [7, 11) is 0. The Morgan fingerprint density at radius 1 is 1.11 bits per heavy atom. The number of halogens is 2. The first-order valence-corrected chi connectivity index (χ1v) is 6.33. The summed E-state index contributed by atoms with van der Waals surface area (Å²) in [6.07, 6.45) is 1.36. The number of rotatable bonds is 3. The van der Waals surface area contributed by atoms with Crippen LogP contribution < -0.4 is 4.74 Å². The smallest absolute Gasteiger partial charge is 0.228 e. The fourth-order valence-corrected chi connectivity index (χ4v) is 2.18. The van der Waals surface area contributed by atoms with Crippen LogP contribution in [-0.2, 0) is 5.88 Å². The lowest BCUT2D eigenvalue weighted by atomic mass is 10.1. The fourth-order valence-electron chi connectivity index (χ4n) is 1.68. The number of nitrogens with zero attached hydrogens (tertiary/aromatic N) is 2. The second-order valence-electron chi connectivity index (χ2n) is 4.01. The van der Waals surface area contributed by atoms with Gasteiger partial charge in [0, 0.05) is 0 Å². The SMILES string of the molecule is Cc1cc(C)cc(Oc2ncnc(Cl)c2CCl)c1. The molecule has 0 unspecified atom stereocenters. The van der Waals surface area contributed by atoms with Crippen molar-refractivity contribution in [3.05, 3.63) is 46.4 Å². The summed E-state index contributed by atoms with van der Waals surface area (Å²) in [6.45, 7) is 4.02. The standard InChI is InChI=1S/C13H12Cl2N2O/c1-8-3-9(2)5-10(4-8)18-13-11(6-14)12(15)16-7-17-13/h3-5,7H,6H2,1-2H3. The van der Waals surface area contributed by atoms with Crippen LogP contribution in [0.2, 0.25) is 5.15 Å². The Bertz CT molecular complexity index is 553. The summed E-state index contributed by atoms with van der Waals surface area (Å²) in [5.74, 6) is 1.32. The molecule has 3 nitrogen and oxygen atoms in total. The molecule has 18 heavy (non-hydrogen) atoms. The molecule has 5 heteroatoms. The molecule has 1 aromatic carbocycles. The van der Waals surface area contributed by atoms with Crippen LogP contribution in [0.4, 0.5) is 0 Å². The van der Waals surface area contributed by atoms with E-state index in [-0.39, 0.29) is 5.88 Å². The van der Waals surface area contributed by atoms with E-state index in [9.17, 15) is 0 Å². The van der Waals surface area contributed by atoms with Crippen molar-refractivity contribution in [2.24, 2.45) is 0 Å². The van der Waals surface area contributed by atoms with Crippen molar-refractivity contribution in [1.29, 1.82) is 0 Å². The molecule has 0 aliphatic heterocycles. The predicted octanol–water partition coefficient (Wildman–Crippen LogP) is 4.28. The van der Waals surface area contributed by atoms with Crippen molar-refractivity contribution in [2.75, 3.05) is 0 Å². The van der Waals surface area contributed by atoms with Gasteiger partial charge in [-0.1, -0.05) is 17.7 Å². The van der Waals surface area contributed by atoms with Gasteiger partial charge in [-0.25, -0.2) is 9.97 Å². The summed E-state index contributed by atoms with van der Waals surface area (Å²) in [5.41, 5.74) is 2.84. The summed E-state index contributed by atoms with van der Waals surface area (Å²) >= 11 is 11.8. The van der Waals surface area contributed by atoms with Crippen molar-refractivity contribution in [2.45, 2.75) is 19.7 Å². The maximum Gasteiger partial charge on any atom is 0.228 e. The molecular formula is C13H12Cl2N2O. The minimum absolute atomic E-state index is 0.208. The number of hydrogen-bond acceptors (Lipinski definition) is 3. The van der Waals surface area contributed by atoms with E-state index in [1.807, 2.05) is 26.0 Å². The first kappa shape index (κ1) is 13.1. The van der Waals surface area contributed by atoms with Gasteiger partial charge in [-0.05, 0) is 37.1 Å². The largest absolute Gasteiger partial charge is 0.439 e. The summed E-state index contributed by atoms with van der Waals surface area (Å²) in [4.78, 5) is 7.94. The van der Waals surface area contributed by atoms with E-state index in [2.05, 4.69) is 16.0 Å². The molecule has 0 N–H and O–H groups in total. The maximum absolute atomic E-state index is 5.94. The lowest BCUT2D eigenvalue weighted by Crippen LogP contribution is -1.96. The van der Waals surface area contributed by atoms with Crippen molar-refractivity contribution in [1.82, 2.24) is 9.97 Å². The molecular weight excluding hydrogens is 271 g/mol. The van der Waals surface area contributed by atoms with E-state index in [1.165, 1.54) is 6.33 Å². The van der Waals surface area contributed by atoms with E-state index in [0.29, 0.717) is 22.3 Å². The molecule has 0 atom stereocenters. The summed E-state index contributed by atoms with van der Waals surface area (Å²) < 4.78 is 5.72. The Morgan fingerprint density at radius 3 is 2.39 bits per heavy atom. The molecule has 0 radical (unpaired) electrons. The maximum atomic E-state index is 5.94. The number of ether oxygens (including phenoxy) is 1. The average molecular weight is 283 g/mol. The van der Waals surface area contributed by atoms with Crippen LogP contribution in [0.5, 0.6) is 11.6 Å². The van der Waals surface area contributed by atoms with Gasteiger partial charge >= 0.3 is 0 Å². The highest BCUT2D eigenvalue weighted by Gasteiger charge is 2.11. The number of aryl methyl sites for hydroxylation is 2. The second-order valence-corrected chi connectivity index (χ2v) is 4.63. The number of hydrogen-bond donors (Lipinski definition) is 0. The van der Waals surface area contributed by atoms with Gasteiger partial charge < -0.3 is 4.74 Å². The molecule has 0 saturated heterocycles. The Labute approximate surface area is 116 Å². The third-order valence-corrected chi connectivity index (χ3v) is 2.99. The Hall–Kier alpha value is -1.32. The molecule has 0 aliphatic carbocycles. The molecule has 1 aromatic heterocycles. The molecule has 0 spiro atoms. The number of aromatic nitrogens is 2. The van der Waals surface area contributed by atoms with E-state index >= 15 is 0 Å². The fraction of sp³-hybridized carbons (Fsp3) is 0.231. The number of alkyl halides is 1. The van der Waals surface area contributed by atoms with Crippen LogP contribution >= 0.6 is 23.2 Å². The van der Waals surface area contributed by atoms with E-state index in [1.54, 1.807) is 0 Å². The molecule has 0 aliphatic rings. The second kappa shape index (κ2) is 5.55. The van der Waals surface area contributed by atoms with E-state index in [0.717, 1.165) is 11.1 Å². The first-order valence-electron chi connectivity index (χ1n) is 5.41.